The number of halogens is 1. The molecule has 0 bridgehead atoms. The average Bonchev–Trinajstić information content (AvgIpc) is 3.18. The van der Waals surface area contributed by atoms with Crippen molar-refractivity contribution >= 4 is 28.4 Å². The largest absolute Gasteiger partial charge is 0.353 e. The Labute approximate surface area is 120 Å². The summed E-state index contributed by atoms with van der Waals surface area (Å²) < 4.78 is 0.700. The van der Waals surface area contributed by atoms with Crippen molar-refractivity contribution in [3.8, 4) is 0 Å². The van der Waals surface area contributed by atoms with Crippen molar-refractivity contribution in [1.82, 2.24) is 14.9 Å². The summed E-state index contributed by atoms with van der Waals surface area (Å²) in [5.41, 5.74) is -0.0407. The fourth-order valence-electron chi connectivity index (χ4n) is 2.40. The molecule has 2 fully saturated rings. The van der Waals surface area contributed by atoms with Gasteiger partial charge in [0.1, 0.15) is 9.39 Å². The number of nitrogens with one attached hydrogen (secondary N) is 1. The Balaban J connectivity index is 1.64. The predicted octanol–water partition coefficient (Wildman–Crippen LogP) is 0.906. The van der Waals surface area contributed by atoms with Crippen LogP contribution in [0.15, 0.2) is 11.1 Å². The van der Waals surface area contributed by atoms with E-state index >= 15 is 0 Å². The molecular weight excluding hydrogens is 343 g/mol. The smallest absolute Gasteiger partial charge is 0.266 e. The van der Waals surface area contributed by atoms with Gasteiger partial charge in [-0.15, -0.1) is 0 Å². The van der Waals surface area contributed by atoms with Crippen LogP contribution in [0, 0.1) is 9.49 Å². The van der Waals surface area contributed by atoms with E-state index in [-0.39, 0.29) is 5.56 Å². The lowest BCUT2D eigenvalue weighted by Gasteiger charge is -2.35. The Morgan fingerprint density at radius 2 is 2.06 bits per heavy atom. The maximum Gasteiger partial charge on any atom is 0.266 e. The average molecular weight is 360 g/mol. The number of hydrogen-bond donors (Lipinski definition) is 1. The van der Waals surface area contributed by atoms with E-state index in [0.29, 0.717) is 3.57 Å². The lowest BCUT2D eigenvalue weighted by atomic mass is 10.3. The first-order valence-corrected chi connectivity index (χ1v) is 7.52. The molecule has 2 heterocycles. The first-order valence-electron chi connectivity index (χ1n) is 6.44. The number of hydrogen-bond acceptors (Lipinski definition) is 4. The first-order chi connectivity index (χ1) is 8.74. The number of aromatic amines is 1. The van der Waals surface area contributed by atoms with Crippen LogP contribution < -0.4 is 10.5 Å². The fourth-order valence-corrected chi connectivity index (χ4v) is 3.04. The highest BCUT2D eigenvalue weighted by atomic mass is 127. The van der Waals surface area contributed by atoms with Gasteiger partial charge in [-0.1, -0.05) is 0 Å². The lowest BCUT2D eigenvalue weighted by Crippen LogP contribution is -2.47. The second-order valence-electron chi connectivity index (χ2n) is 5.10. The van der Waals surface area contributed by atoms with Crippen molar-refractivity contribution in [3.63, 3.8) is 0 Å². The third kappa shape index (κ3) is 2.69. The molecule has 0 radical (unpaired) electrons. The third-order valence-electron chi connectivity index (χ3n) is 3.66. The van der Waals surface area contributed by atoms with Gasteiger partial charge in [-0.3, -0.25) is 9.69 Å². The Bertz CT molecular complexity index is 477. The number of piperazine rings is 1. The number of aromatic nitrogens is 2. The number of rotatable bonds is 3. The van der Waals surface area contributed by atoms with Crippen molar-refractivity contribution in [1.29, 1.82) is 0 Å². The van der Waals surface area contributed by atoms with Crippen molar-refractivity contribution in [2.75, 3.05) is 37.6 Å². The van der Waals surface area contributed by atoms with Crippen LogP contribution in [0.5, 0.6) is 0 Å². The van der Waals surface area contributed by atoms with Crippen molar-refractivity contribution in [3.05, 3.63) is 20.3 Å². The van der Waals surface area contributed by atoms with Gasteiger partial charge in [0.15, 0.2) is 0 Å². The van der Waals surface area contributed by atoms with Crippen LogP contribution >= 0.6 is 22.6 Å². The highest BCUT2D eigenvalue weighted by Gasteiger charge is 2.27. The minimum atomic E-state index is -0.0407. The van der Waals surface area contributed by atoms with E-state index in [9.17, 15) is 4.79 Å². The molecule has 1 aromatic heterocycles. The highest BCUT2D eigenvalue weighted by molar-refractivity contribution is 14.1. The summed E-state index contributed by atoms with van der Waals surface area (Å²) in [4.78, 5) is 23.2. The van der Waals surface area contributed by atoms with E-state index in [1.807, 2.05) is 0 Å². The standard InChI is InChI=1S/C12H17IN4O/c13-10-11(14-8-15-12(10)18)17-5-3-16(4-6-17)7-9-1-2-9/h8-9H,1-7H2,(H,14,15,18). The first kappa shape index (κ1) is 12.4. The predicted molar refractivity (Wildman–Crippen MR) is 79.0 cm³/mol. The molecule has 1 N–H and O–H groups in total. The summed E-state index contributed by atoms with van der Waals surface area (Å²) in [5, 5.41) is 0. The molecular formula is C12H17IN4O. The molecule has 1 aliphatic heterocycles. The minimum Gasteiger partial charge on any atom is -0.353 e. The van der Waals surface area contributed by atoms with Crippen LogP contribution in [-0.2, 0) is 0 Å². The fraction of sp³-hybridized carbons (Fsp3) is 0.667. The van der Waals surface area contributed by atoms with E-state index < -0.39 is 0 Å². The number of nitrogens with zero attached hydrogens (tertiary/aromatic N) is 3. The van der Waals surface area contributed by atoms with Gasteiger partial charge < -0.3 is 9.88 Å². The summed E-state index contributed by atoms with van der Waals surface area (Å²) in [6.07, 6.45) is 4.32. The molecule has 1 saturated carbocycles. The van der Waals surface area contributed by atoms with Crippen molar-refractivity contribution in [2.24, 2.45) is 5.92 Å². The van der Waals surface area contributed by atoms with Gasteiger partial charge in [0, 0.05) is 32.7 Å². The molecule has 1 saturated heterocycles. The quantitative estimate of drug-likeness (QED) is 0.815. The molecule has 0 spiro atoms. The molecule has 18 heavy (non-hydrogen) atoms. The van der Waals surface area contributed by atoms with Gasteiger partial charge in [-0.05, 0) is 41.4 Å². The van der Waals surface area contributed by atoms with E-state index in [1.165, 1.54) is 25.7 Å². The zero-order valence-corrected chi connectivity index (χ0v) is 12.4. The summed E-state index contributed by atoms with van der Waals surface area (Å²) in [6, 6.07) is 0. The SMILES string of the molecule is O=c1[nH]cnc(N2CCN(CC3CC3)CC2)c1I. The molecule has 6 heteroatoms. The van der Waals surface area contributed by atoms with E-state index in [2.05, 4.69) is 42.4 Å². The van der Waals surface area contributed by atoms with Crippen LogP contribution in [0.4, 0.5) is 5.82 Å². The van der Waals surface area contributed by atoms with Gasteiger partial charge in [0.05, 0.1) is 6.33 Å². The van der Waals surface area contributed by atoms with E-state index in [4.69, 9.17) is 0 Å². The molecule has 0 unspecified atom stereocenters. The molecule has 3 rings (SSSR count). The summed E-state index contributed by atoms with van der Waals surface area (Å²) in [5.74, 6) is 1.79. The van der Waals surface area contributed by atoms with Crippen LogP contribution in [0.25, 0.3) is 0 Å². The molecule has 2 aliphatic rings. The van der Waals surface area contributed by atoms with Gasteiger partial charge in [0.25, 0.3) is 5.56 Å². The van der Waals surface area contributed by atoms with Gasteiger partial charge >= 0.3 is 0 Å². The van der Waals surface area contributed by atoms with E-state index in [0.717, 1.165) is 37.9 Å². The second kappa shape index (κ2) is 5.16. The normalized spacial score (nSPS) is 21.3. The topological polar surface area (TPSA) is 52.2 Å². The maximum atomic E-state index is 11.6. The monoisotopic (exact) mass is 360 g/mol. The van der Waals surface area contributed by atoms with Crippen LogP contribution in [0.1, 0.15) is 12.8 Å². The molecule has 0 atom stereocenters. The Morgan fingerprint density at radius 1 is 1.33 bits per heavy atom. The zero-order chi connectivity index (χ0) is 12.5. The molecule has 0 amide bonds. The Hall–Kier alpha value is -0.630. The maximum absolute atomic E-state index is 11.6. The second-order valence-corrected chi connectivity index (χ2v) is 6.18. The highest BCUT2D eigenvalue weighted by Crippen LogP contribution is 2.30. The van der Waals surface area contributed by atoms with Crippen LogP contribution in [0.3, 0.4) is 0 Å². The van der Waals surface area contributed by atoms with Crippen LogP contribution in [-0.4, -0.2) is 47.6 Å². The minimum absolute atomic E-state index is 0.0407. The van der Waals surface area contributed by atoms with Crippen molar-refractivity contribution < 1.29 is 0 Å². The van der Waals surface area contributed by atoms with E-state index in [1.54, 1.807) is 0 Å². The summed E-state index contributed by atoms with van der Waals surface area (Å²) in [6.45, 7) is 5.37. The molecule has 98 valence electrons. The molecule has 0 aromatic carbocycles. The summed E-state index contributed by atoms with van der Waals surface area (Å²) in [7, 11) is 0. The van der Waals surface area contributed by atoms with Gasteiger partial charge in [-0.2, -0.15) is 0 Å². The van der Waals surface area contributed by atoms with Crippen LogP contribution in [0.2, 0.25) is 0 Å². The molecule has 1 aliphatic carbocycles. The summed E-state index contributed by atoms with van der Waals surface area (Å²) >= 11 is 2.08. The lowest BCUT2D eigenvalue weighted by molar-refractivity contribution is 0.247. The Kier molecular flexibility index (Phi) is 3.56. The van der Waals surface area contributed by atoms with Crippen molar-refractivity contribution in [2.45, 2.75) is 12.8 Å². The third-order valence-corrected chi connectivity index (χ3v) is 4.64. The number of anilines is 1. The Morgan fingerprint density at radius 3 is 2.72 bits per heavy atom. The molecule has 5 nitrogen and oxygen atoms in total. The zero-order valence-electron chi connectivity index (χ0n) is 10.2. The van der Waals surface area contributed by atoms with Gasteiger partial charge in [0.2, 0.25) is 0 Å². The van der Waals surface area contributed by atoms with Gasteiger partial charge in [-0.25, -0.2) is 4.98 Å². The molecule has 1 aromatic rings. The number of H-pyrrole nitrogens is 1.